The van der Waals surface area contributed by atoms with Gasteiger partial charge in [-0.15, -0.1) is 0 Å². The highest BCUT2D eigenvalue weighted by Crippen LogP contribution is 1.96. The van der Waals surface area contributed by atoms with Crippen molar-refractivity contribution < 1.29 is 18.3 Å². The summed E-state index contributed by atoms with van der Waals surface area (Å²) in [6.07, 6.45) is -2.00. The summed E-state index contributed by atoms with van der Waals surface area (Å²) < 4.78 is 27.8. The van der Waals surface area contributed by atoms with Crippen molar-refractivity contribution in [1.29, 1.82) is 0 Å². The first-order chi connectivity index (χ1) is 5.61. The van der Waals surface area contributed by atoms with Crippen LogP contribution in [0.25, 0.3) is 0 Å². The van der Waals surface area contributed by atoms with Crippen LogP contribution in [0.5, 0.6) is 0 Å². The van der Waals surface area contributed by atoms with E-state index in [2.05, 4.69) is 10.1 Å². The minimum Gasteiger partial charge on any atom is -0.468 e. The van der Waals surface area contributed by atoms with Crippen LogP contribution in [0.4, 0.5) is 8.78 Å². The number of carbonyl (C=O) groups is 1. The lowest BCUT2D eigenvalue weighted by molar-refractivity contribution is -0.143. The first-order valence-electron chi connectivity index (χ1n) is 3.71. The van der Waals surface area contributed by atoms with Gasteiger partial charge in [-0.05, 0) is 6.42 Å². The van der Waals surface area contributed by atoms with Crippen LogP contribution in [0.1, 0.15) is 13.3 Å². The summed E-state index contributed by atoms with van der Waals surface area (Å²) in [6, 6.07) is -0.621. The molecule has 0 radical (unpaired) electrons. The molecule has 0 aliphatic rings. The summed E-state index contributed by atoms with van der Waals surface area (Å²) in [5.74, 6) is -0.502. The molecule has 0 rings (SSSR count). The van der Waals surface area contributed by atoms with Gasteiger partial charge < -0.3 is 4.74 Å². The summed E-state index contributed by atoms with van der Waals surface area (Å²) >= 11 is 0. The third-order valence-electron chi connectivity index (χ3n) is 1.41. The molecule has 1 unspecified atom stereocenters. The Morgan fingerprint density at radius 1 is 1.58 bits per heavy atom. The number of ether oxygens (including phenoxy) is 1. The molecule has 0 aromatic heterocycles. The van der Waals surface area contributed by atoms with E-state index in [9.17, 15) is 13.6 Å². The van der Waals surface area contributed by atoms with Gasteiger partial charge in [-0.3, -0.25) is 10.1 Å². The number of alkyl halides is 2. The van der Waals surface area contributed by atoms with E-state index in [1.54, 1.807) is 6.92 Å². The van der Waals surface area contributed by atoms with Gasteiger partial charge in [0, 0.05) is 0 Å². The maximum absolute atomic E-state index is 11.7. The number of esters is 1. The van der Waals surface area contributed by atoms with Gasteiger partial charge in [0.25, 0.3) is 6.43 Å². The Bertz CT molecular complexity index is 141. The Morgan fingerprint density at radius 3 is 2.50 bits per heavy atom. The van der Waals surface area contributed by atoms with Crippen molar-refractivity contribution in [3.63, 3.8) is 0 Å². The van der Waals surface area contributed by atoms with Gasteiger partial charge in [-0.2, -0.15) is 0 Å². The van der Waals surface area contributed by atoms with Crippen LogP contribution < -0.4 is 5.32 Å². The fourth-order valence-electron chi connectivity index (χ4n) is 0.768. The quantitative estimate of drug-likeness (QED) is 0.637. The third kappa shape index (κ3) is 4.23. The van der Waals surface area contributed by atoms with E-state index in [-0.39, 0.29) is 0 Å². The zero-order valence-corrected chi connectivity index (χ0v) is 7.14. The molecule has 3 nitrogen and oxygen atoms in total. The fourth-order valence-corrected chi connectivity index (χ4v) is 0.768. The van der Waals surface area contributed by atoms with Crippen LogP contribution in [0, 0.1) is 0 Å². The average Bonchev–Trinajstić information content (AvgIpc) is 2.04. The molecule has 0 bridgehead atoms. The summed E-state index contributed by atoms with van der Waals surface area (Å²) in [5, 5.41) is 2.40. The number of halogens is 2. The Labute approximate surface area is 70.1 Å². The number of rotatable bonds is 5. The first kappa shape index (κ1) is 11.3. The van der Waals surface area contributed by atoms with Gasteiger partial charge in [0.05, 0.1) is 13.7 Å². The molecule has 0 amide bonds. The first-order valence-corrected chi connectivity index (χ1v) is 3.71. The zero-order chi connectivity index (χ0) is 9.56. The van der Waals surface area contributed by atoms with Gasteiger partial charge >= 0.3 is 5.97 Å². The monoisotopic (exact) mass is 181 g/mol. The van der Waals surface area contributed by atoms with E-state index >= 15 is 0 Å². The van der Waals surface area contributed by atoms with Gasteiger partial charge in [0.1, 0.15) is 6.04 Å². The molecule has 0 heterocycles. The normalized spacial score (nSPS) is 13.1. The minimum absolute atomic E-state index is 0.444. The molecule has 0 aromatic rings. The second-order valence-corrected chi connectivity index (χ2v) is 2.28. The maximum Gasteiger partial charge on any atom is 0.322 e. The molecule has 0 spiro atoms. The van der Waals surface area contributed by atoms with E-state index in [1.807, 2.05) is 0 Å². The smallest absolute Gasteiger partial charge is 0.322 e. The molecule has 0 saturated carbocycles. The van der Waals surface area contributed by atoms with Crippen LogP contribution in [-0.2, 0) is 9.53 Å². The molecular weight excluding hydrogens is 168 g/mol. The lowest BCUT2D eigenvalue weighted by Crippen LogP contribution is -2.39. The average molecular weight is 181 g/mol. The van der Waals surface area contributed by atoms with Crippen molar-refractivity contribution >= 4 is 5.97 Å². The molecule has 0 aliphatic heterocycles. The Balaban J connectivity index is 3.75. The largest absolute Gasteiger partial charge is 0.468 e. The molecule has 0 aliphatic carbocycles. The summed E-state index contributed by atoms with van der Waals surface area (Å²) in [5.41, 5.74) is 0. The maximum atomic E-state index is 11.7. The second kappa shape index (κ2) is 5.88. The zero-order valence-electron chi connectivity index (χ0n) is 7.14. The molecule has 72 valence electrons. The minimum atomic E-state index is -2.44. The highest BCUT2D eigenvalue weighted by atomic mass is 19.3. The van der Waals surface area contributed by atoms with E-state index in [0.29, 0.717) is 6.42 Å². The van der Waals surface area contributed by atoms with E-state index in [0.717, 1.165) is 0 Å². The highest BCUT2D eigenvalue weighted by Gasteiger charge is 2.17. The predicted octanol–water partition coefficient (Wildman–Crippen LogP) is 0.793. The van der Waals surface area contributed by atoms with E-state index in [1.165, 1.54) is 7.11 Å². The number of hydrogen-bond acceptors (Lipinski definition) is 3. The van der Waals surface area contributed by atoms with Crippen molar-refractivity contribution in [2.75, 3.05) is 13.7 Å². The number of carbonyl (C=O) groups excluding carboxylic acids is 1. The molecule has 12 heavy (non-hydrogen) atoms. The standard InChI is InChI=1S/C7H13F2NO2/c1-3-5(7(11)12-2)10-4-6(8)9/h5-6,10H,3-4H2,1-2H3. The topological polar surface area (TPSA) is 38.3 Å². The lowest BCUT2D eigenvalue weighted by Gasteiger charge is -2.13. The van der Waals surface area contributed by atoms with Crippen LogP contribution in [0.3, 0.4) is 0 Å². The molecule has 5 heteroatoms. The van der Waals surface area contributed by atoms with E-state index < -0.39 is 25.0 Å². The number of methoxy groups -OCH3 is 1. The van der Waals surface area contributed by atoms with Gasteiger partial charge in [0.2, 0.25) is 0 Å². The molecule has 0 aromatic carbocycles. The third-order valence-corrected chi connectivity index (χ3v) is 1.41. The van der Waals surface area contributed by atoms with Crippen LogP contribution in [-0.4, -0.2) is 32.1 Å². The molecule has 0 fully saturated rings. The van der Waals surface area contributed by atoms with Crippen LogP contribution >= 0.6 is 0 Å². The molecular formula is C7H13F2NO2. The summed E-state index contributed by atoms with van der Waals surface area (Å²) in [4.78, 5) is 10.8. The Hall–Kier alpha value is -0.710. The number of hydrogen-bond donors (Lipinski definition) is 1. The molecule has 1 N–H and O–H groups in total. The van der Waals surface area contributed by atoms with Crippen LogP contribution in [0.2, 0.25) is 0 Å². The summed E-state index contributed by atoms with van der Waals surface area (Å²) in [7, 11) is 1.23. The Morgan fingerprint density at radius 2 is 2.17 bits per heavy atom. The molecule has 1 atom stereocenters. The van der Waals surface area contributed by atoms with Gasteiger partial charge in [0.15, 0.2) is 0 Å². The van der Waals surface area contributed by atoms with Crippen molar-refractivity contribution in [2.24, 2.45) is 0 Å². The second-order valence-electron chi connectivity index (χ2n) is 2.28. The van der Waals surface area contributed by atoms with E-state index in [4.69, 9.17) is 0 Å². The highest BCUT2D eigenvalue weighted by molar-refractivity contribution is 5.75. The van der Waals surface area contributed by atoms with Crippen molar-refractivity contribution in [1.82, 2.24) is 5.32 Å². The lowest BCUT2D eigenvalue weighted by atomic mass is 10.2. The van der Waals surface area contributed by atoms with Gasteiger partial charge in [-0.1, -0.05) is 6.92 Å². The van der Waals surface area contributed by atoms with Crippen LogP contribution in [0.15, 0.2) is 0 Å². The van der Waals surface area contributed by atoms with Crippen molar-refractivity contribution in [2.45, 2.75) is 25.8 Å². The SMILES string of the molecule is CCC(NCC(F)F)C(=O)OC. The van der Waals surface area contributed by atoms with Crippen molar-refractivity contribution in [3.8, 4) is 0 Å². The van der Waals surface area contributed by atoms with Crippen molar-refractivity contribution in [3.05, 3.63) is 0 Å². The molecule has 0 saturated heterocycles. The van der Waals surface area contributed by atoms with Gasteiger partial charge in [-0.25, -0.2) is 8.78 Å². The summed E-state index contributed by atoms with van der Waals surface area (Å²) in [6.45, 7) is 1.24. The Kier molecular flexibility index (Phi) is 5.53. The number of nitrogens with one attached hydrogen (secondary N) is 1. The fraction of sp³-hybridized carbons (Fsp3) is 0.857. The predicted molar refractivity (Wildman–Crippen MR) is 40.1 cm³/mol.